The van der Waals surface area contributed by atoms with Crippen LogP contribution in [0, 0.1) is 5.92 Å². The van der Waals surface area contributed by atoms with E-state index in [2.05, 4.69) is 48.6 Å². The van der Waals surface area contributed by atoms with E-state index in [0.717, 1.165) is 25.9 Å². The number of pyridine rings is 1. The summed E-state index contributed by atoms with van der Waals surface area (Å²) in [6.45, 7) is 4.70. The van der Waals surface area contributed by atoms with Gasteiger partial charge >= 0.3 is 0 Å². The van der Waals surface area contributed by atoms with Gasteiger partial charge in [-0.3, -0.25) is 4.98 Å². The normalized spacial score (nSPS) is 25.1. The van der Waals surface area contributed by atoms with E-state index < -0.39 is 0 Å². The second-order valence-corrected chi connectivity index (χ2v) is 6.89. The highest BCUT2D eigenvalue weighted by atomic mass is 14.9. The van der Waals surface area contributed by atoms with Crippen LogP contribution in [0.1, 0.15) is 42.1 Å². The smallest absolute Gasteiger partial charge is 0.0541 e. The SMILES string of the molecule is CC1(C2CCNCC2)c2ccccc2CCc2cccnc21. The number of hydrogen-bond acceptors (Lipinski definition) is 2. The lowest BCUT2D eigenvalue weighted by molar-refractivity contribution is 0.260. The minimum Gasteiger partial charge on any atom is -0.317 e. The maximum atomic E-state index is 4.89. The molecule has 0 bridgehead atoms. The number of benzene rings is 1. The van der Waals surface area contributed by atoms with Crippen molar-refractivity contribution in [2.75, 3.05) is 13.1 Å². The molecule has 22 heavy (non-hydrogen) atoms. The first-order chi connectivity index (χ1) is 10.8. The maximum absolute atomic E-state index is 4.89. The Morgan fingerprint density at radius 2 is 1.73 bits per heavy atom. The van der Waals surface area contributed by atoms with Crippen LogP contribution >= 0.6 is 0 Å². The molecule has 4 rings (SSSR count). The molecule has 1 N–H and O–H groups in total. The number of piperidine rings is 1. The second-order valence-electron chi connectivity index (χ2n) is 6.89. The zero-order chi connectivity index (χ0) is 15.0. The highest BCUT2D eigenvalue weighted by molar-refractivity contribution is 5.47. The van der Waals surface area contributed by atoms with Gasteiger partial charge in [-0.1, -0.05) is 30.3 Å². The van der Waals surface area contributed by atoms with Gasteiger partial charge in [-0.05, 0) is 74.4 Å². The van der Waals surface area contributed by atoms with Crippen LogP contribution < -0.4 is 5.32 Å². The molecular formula is C20H24N2. The molecule has 1 aromatic heterocycles. The topological polar surface area (TPSA) is 24.9 Å². The molecule has 2 heterocycles. The van der Waals surface area contributed by atoms with E-state index in [-0.39, 0.29) is 5.41 Å². The van der Waals surface area contributed by atoms with Crippen molar-refractivity contribution in [1.82, 2.24) is 10.3 Å². The number of nitrogens with one attached hydrogen (secondary N) is 1. The van der Waals surface area contributed by atoms with Gasteiger partial charge < -0.3 is 5.32 Å². The number of rotatable bonds is 1. The molecule has 1 saturated heterocycles. The summed E-state index contributed by atoms with van der Waals surface area (Å²) in [7, 11) is 0. The lowest BCUT2D eigenvalue weighted by Gasteiger charge is -2.41. The molecule has 2 nitrogen and oxygen atoms in total. The number of fused-ring (bicyclic) bond motifs is 2. The van der Waals surface area contributed by atoms with Gasteiger partial charge in [0, 0.05) is 11.6 Å². The molecule has 1 fully saturated rings. The largest absolute Gasteiger partial charge is 0.317 e. The minimum absolute atomic E-state index is 0.0474. The van der Waals surface area contributed by atoms with Gasteiger partial charge in [-0.25, -0.2) is 0 Å². The summed E-state index contributed by atoms with van der Waals surface area (Å²) in [6, 6.07) is 13.4. The lowest BCUT2D eigenvalue weighted by atomic mass is 9.65. The van der Waals surface area contributed by atoms with Gasteiger partial charge in [0.2, 0.25) is 0 Å². The first kappa shape index (κ1) is 14.0. The first-order valence-electron chi connectivity index (χ1n) is 8.53. The van der Waals surface area contributed by atoms with E-state index in [9.17, 15) is 0 Å². The molecular weight excluding hydrogens is 268 g/mol. The molecule has 0 saturated carbocycles. The molecule has 1 aliphatic heterocycles. The Morgan fingerprint density at radius 1 is 1.00 bits per heavy atom. The molecule has 2 heteroatoms. The maximum Gasteiger partial charge on any atom is 0.0541 e. The Bertz CT molecular complexity index is 623. The van der Waals surface area contributed by atoms with Gasteiger partial charge in [0.25, 0.3) is 0 Å². The fraction of sp³-hybridized carbons (Fsp3) is 0.450. The van der Waals surface area contributed by atoms with E-state index in [1.165, 1.54) is 35.2 Å². The van der Waals surface area contributed by atoms with E-state index in [1.54, 1.807) is 0 Å². The Labute approximate surface area is 133 Å². The molecule has 2 aromatic rings. The van der Waals surface area contributed by atoms with Gasteiger partial charge in [-0.2, -0.15) is 0 Å². The fourth-order valence-electron chi connectivity index (χ4n) is 4.56. The summed E-state index contributed by atoms with van der Waals surface area (Å²) >= 11 is 0. The zero-order valence-electron chi connectivity index (χ0n) is 13.3. The number of hydrogen-bond donors (Lipinski definition) is 1. The molecule has 0 spiro atoms. The predicted octanol–water partition coefficient (Wildman–Crippen LogP) is 3.49. The molecule has 1 unspecified atom stereocenters. The number of aromatic nitrogens is 1. The predicted molar refractivity (Wildman–Crippen MR) is 90.1 cm³/mol. The van der Waals surface area contributed by atoms with Gasteiger partial charge in [0.1, 0.15) is 0 Å². The molecule has 1 aromatic carbocycles. The van der Waals surface area contributed by atoms with Crippen LogP contribution in [0.2, 0.25) is 0 Å². The summed E-state index contributed by atoms with van der Waals surface area (Å²) in [4.78, 5) is 4.89. The number of aryl methyl sites for hydroxylation is 2. The Balaban J connectivity index is 1.94. The average Bonchev–Trinajstić information content (AvgIpc) is 2.73. The lowest BCUT2D eigenvalue weighted by Crippen LogP contribution is -2.41. The molecule has 1 aliphatic carbocycles. The highest BCUT2D eigenvalue weighted by Gasteiger charge is 2.42. The van der Waals surface area contributed by atoms with Crippen molar-refractivity contribution in [2.24, 2.45) is 5.92 Å². The third-order valence-corrected chi connectivity index (χ3v) is 5.78. The Morgan fingerprint density at radius 3 is 2.59 bits per heavy atom. The quantitative estimate of drug-likeness (QED) is 0.870. The van der Waals surface area contributed by atoms with Crippen molar-refractivity contribution in [2.45, 2.75) is 38.0 Å². The van der Waals surface area contributed by atoms with E-state index in [1.807, 2.05) is 6.20 Å². The minimum atomic E-state index is 0.0474. The van der Waals surface area contributed by atoms with Gasteiger partial charge in [0.15, 0.2) is 0 Å². The molecule has 0 amide bonds. The second kappa shape index (κ2) is 5.51. The van der Waals surface area contributed by atoms with Crippen molar-refractivity contribution in [1.29, 1.82) is 0 Å². The summed E-state index contributed by atoms with van der Waals surface area (Å²) in [5.41, 5.74) is 5.85. The van der Waals surface area contributed by atoms with Crippen LogP contribution in [0.5, 0.6) is 0 Å². The van der Waals surface area contributed by atoms with Crippen molar-refractivity contribution >= 4 is 0 Å². The van der Waals surface area contributed by atoms with Crippen LogP contribution in [-0.2, 0) is 18.3 Å². The van der Waals surface area contributed by atoms with E-state index in [0.29, 0.717) is 5.92 Å². The third kappa shape index (κ3) is 2.09. The van der Waals surface area contributed by atoms with Gasteiger partial charge in [0.05, 0.1) is 5.69 Å². The van der Waals surface area contributed by atoms with Crippen molar-refractivity contribution in [3.63, 3.8) is 0 Å². The van der Waals surface area contributed by atoms with Crippen LogP contribution in [0.15, 0.2) is 42.6 Å². The molecule has 1 atom stereocenters. The Kier molecular flexibility index (Phi) is 3.50. The molecule has 114 valence electrons. The van der Waals surface area contributed by atoms with Crippen molar-refractivity contribution < 1.29 is 0 Å². The van der Waals surface area contributed by atoms with E-state index in [4.69, 9.17) is 4.98 Å². The third-order valence-electron chi connectivity index (χ3n) is 5.78. The fourth-order valence-corrected chi connectivity index (χ4v) is 4.56. The average molecular weight is 292 g/mol. The van der Waals surface area contributed by atoms with Crippen molar-refractivity contribution in [3.05, 3.63) is 65.0 Å². The first-order valence-corrected chi connectivity index (χ1v) is 8.53. The standard InChI is InChI=1S/C20H24N2/c1-20(17-10-13-21-14-11-17)18-7-3-2-5-15(18)8-9-16-6-4-12-22-19(16)20/h2-7,12,17,21H,8-11,13-14H2,1H3. The van der Waals surface area contributed by atoms with Gasteiger partial charge in [-0.15, -0.1) is 0 Å². The monoisotopic (exact) mass is 292 g/mol. The summed E-state index contributed by atoms with van der Waals surface area (Å²) in [5.74, 6) is 0.668. The molecule has 2 aliphatic rings. The van der Waals surface area contributed by atoms with Crippen molar-refractivity contribution in [3.8, 4) is 0 Å². The zero-order valence-corrected chi connectivity index (χ0v) is 13.3. The highest BCUT2D eigenvalue weighted by Crippen LogP contribution is 2.46. The summed E-state index contributed by atoms with van der Waals surface area (Å²) in [6.07, 6.45) is 6.70. The van der Waals surface area contributed by atoms with E-state index >= 15 is 0 Å². The van der Waals surface area contributed by atoms with Crippen LogP contribution in [-0.4, -0.2) is 18.1 Å². The summed E-state index contributed by atoms with van der Waals surface area (Å²) in [5, 5.41) is 3.51. The Hall–Kier alpha value is -1.67. The van der Waals surface area contributed by atoms with Crippen LogP contribution in [0.3, 0.4) is 0 Å². The summed E-state index contributed by atoms with van der Waals surface area (Å²) < 4.78 is 0. The van der Waals surface area contributed by atoms with Crippen LogP contribution in [0.25, 0.3) is 0 Å². The number of nitrogens with zero attached hydrogens (tertiary/aromatic N) is 1. The molecule has 0 radical (unpaired) electrons. The van der Waals surface area contributed by atoms with Crippen LogP contribution in [0.4, 0.5) is 0 Å².